The average Bonchev–Trinajstić information content (AvgIpc) is 2.45. The number of nitrogens with two attached hydrogens (primary N) is 1. The average molecular weight is 385 g/mol. The molecule has 1 aliphatic rings. The number of morpholine rings is 1. The molecule has 2 rings (SSSR count). The number of hydrogen-bond donors (Lipinski definition) is 1. The molecule has 0 aliphatic carbocycles. The molecular formula is C17H25BrN2O3. The molecule has 2 unspecified atom stereocenters. The normalized spacial score (nSPS) is 20.2. The second kappa shape index (κ2) is 7.64. The van der Waals surface area contributed by atoms with Crippen LogP contribution in [0.5, 0.6) is 0 Å². The zero-order valence-electron chi connectivity index (χ0n) is 13.9. The first kappa shape index (κ1) is 18.2. The summed E-state index contributed by atoms with van der Waals surface area (Å²) in [5.74, 6) is 0. The van der Waals surface area contributed by atoms with E-state index in [4.69, 9.17) is 15.2 Å². The highest BCUT2D eigenvalue weighted by molar-refractivity contribution is 9.10. The second-order valence-electron chi connectivity index (χ2n) is 6.81. The lowest BCUT2D eigenvalue weighted by atomic mass is 9.99. The molecule has 1 aliphatic heterocycles. The van der Waals surface area contributed by atoms with Gasteiger partial charge in [0.05, 0.1) is 19.3 Å². The predicted molar refractivity (Wildman–Crippen MR) is 93.4 cm³/mol. The van der Waals surface area contributed by atoms with Crippen molar-refractivity contribution in [2.75, 3.05) is 19.8 Å². The van der Waals surface area contributed by atoms with Crippen molar-refractivity contribution >= 4 is 22.0 Å². The highest BCUT2D eigenvalue weighted by atomic mass is 79.9. The molecule has 0 spiro atoms. The van der Waals surface area contributed by atoms with Gasteiger partial charge in [-0.25, -0.2) is 4.79 Å². The van der Waals surface area contributed by atoms with Crippen molar-refractivity contribution in [2.24, 2.45) is 5.73 Å². The van der Waals surface area contributed by atoms with Crippen molar-refractivity contribution in [3.8, 4) is 0 Å². The van der Waals surface area contributed by atoms with Gasteiger partial charge in [0.1, 0.15) is 5.60 Å². The number of halogens is 1. The Balaban J connectivity index is 2.06. The number of nitrogens with zero attached hydrogens (tertiary/aromatic N) is 1. The van der Waals surface area contributed by atoms with Gasteiger partial charge in [0.2, 0.25) is 0 Å². The van der Waals surface area contributed by atoms with E-state index in [9.17, 15) is 4.79 Å². The minimum absolute atomic E-state index is 0.183. The van der Waals surface area contributed by atoms with Crippen LogP contribution in [0.2, 0.25) is 0 Å². The molecule has 5 nitrogen and oxygen atoms in total. The fourth-order valence-electron chi connectivity index (χ4n) is 2.60. The van der Waals surface area contributed by atoms with Crippen LogP contribution in [0, 0.1) is 0 Å². The van der Waals surface area contributed by atoms with Gasteiger partial charge >= 0.3 is 6.09 Å². The van der Waals surface area contributed by atoms with Crippen LogP contribution in [-0.2, 0) is 15.9 Å². The van der Waals surface area contributed by atoms with Gasteiger partial charge < -0.3 is 15.2 Å². The molecule has 23 heavy (non-hydrogen) atoms. The molecule has 0 saturated carbocycles. The number of rotatable bonds is 3. The van der Waals surface area contributed by atoms with Gasteiger partial charge in [-0.05, 0) is 44.9 Å². The Morgan fingerprint density at radius 1 is 1.52 bits per heavy atom. The third-order valence-corrected chi connectivity index (χ3v) is 4.14. The molecule has 1 heterocycles. The number of benzene rings is 1. The predicted octanol–water partition coefficient (Wildman–Crippen LogP) is 2.95. The largest absolute Gasteiger partial charge is 0.444 e. The Labute approximate surface area is 146 Å². The molecule has 2 atom stereocenters. The van der Waals surface area contributed by atoms with Crippen molar-refractivity contribution in [2.45, 2.75) is 44.9 Å². The zero-order chi connectivity index (χ0) is 17.0. The summed E-state index contributed by atoms with van der Waals surface area (Å²) in [6, 6.07) is 7.64. The molecular weight excluding hydrogens is 360 g/mol. The fourth-order valence-corrected chi connectivity index (χ4v) is 3.04. The molecule has 1 aromatic carbocycles. The van der Waals surface area contributed by atoms with E-state index >= 15 is 0 Å². The Kier molecular flexibility index (Phi) is 6.06. The fraction of sp³-hybridized carbons (Fsp3) is 0.588. The van der Waals surface area contributed by atoms with Crippen LogP contribution < -0.4 is 5.73 Å². The van der Waals surface area contributed by atoms with E-state index in [-0.39, 0.29) is 18.2 Å². The van der Waals surface area contributed by atoms with E-state index < -0.39 is 5.60 Å². The summed E-state index contributed by atoms with van der Waals surface area (Å²) in [7, 11) is 0. The van der Waals surface area contributed by atoms with E-state index in [1.807, 2.05) is 45.0 Å². The topological polar surface area (TPSA) is 64.8 Å². The number of hydrogen-bond acceptors (Lipinski definition) is 4. The summed E-state index contributed by atoms with van der Waals surface area (Å²) < 4.78 is 12.1. The molecule has 128 valence electrons. The maximum absolute atomic E-state index is 12.4. The molecule has 6 heteroatoms. The first-order chi connectivity index (χ1) is 10.8. The van der Waals surface area contributed by atoms with Crippen molar-refractivity contribution in [3.05, 3.63) is 34.3 Å². The minimum Gasteiger partial charge on any atom is -0.444 e. The molecule has 1 saturated heterocycles. The van der Waals surface area contributed by atoms with Crippen molar-refractivity contribution in [1.82, 2.24) is 4.90 Å². The standard InChI is InChI=1S/C17H25BrN2O3/c1-17(2,3)23-16(21)20-7-8-22-11-15(20)14(19)10-12-5-4-6-13(18)9-12/h4-6,9,14-15H,7-8,10-11,19H2,1-3H3. The molecule has 0 bridgehead atoms. The van der Waals surface area contributed by atoms with E-state index in [1.165, 1.54) is 0 Å². The van der Waals surface area contributed by atoms with Crippen LogP contribution in [0.25, 0.3) is 0 Å². The van der Waals surface area contributed by atoms with Gasteiger partial charge in [0.25, 0.3) is 0 Å². The van der Waals surface area contributed by atoms with Crippen LogP contribution in [-0.4, -0.2) is 48.4 Å². The summed E-state index contributed by atoms with van der Waals surface area (Å²) in [5, 5.41) is 0. The van der Waals surface area contributed by atoms with Gasteiger partial charge in [0.15, 0.2) is 0 Å². The lowest BCUT2D eigenvalue weighted by Gasteiger charge is -2.39. The van der Waals surface area contributed by atoms with Crippen molar-refractivity contribution in [3.63, 3.8) is 0 Å². The monoisotopic (exact) mass is 384 g/mol. The van der Waals surface area contributed by atoms with Gasteiger partial charge in [-0.3, -0.25) is 4.90 Å². The quantitative estimate of drug-likeness (QED) is 0.869. The van der Waals surface area contributed by atoms with Crippen molar-refractivity contribution < 1.29 is 14.3 Å². The zero-order valence-corrected chi connectivity index (χ0v) is 15.5. The molecule has 0 radical (unpaired) electrons. The molecule has 0 aromatic heterocycles. The molecule has 2 N–H and O–H groups in total. The third kappa shape index (κ3) is 5.48. The van der Waals surface area contributed by atoms with Crippen molar-refractivity contribution in [1.29, 1.82) is 0 Å². The van der Waals surface area contributed by atoms with Gasteiger partial charge in [-0.2, -0.15) is 0 Å². The lowest BCUT2D eigenvalue weighted by molar-refractivity contribution is -0.0378. The highest BCUT2D eigenvalue weighted by Gasteiger charge is 2.34. The maximum atomic E-state index is 12.4. The summed E-state index contributed by atoms with van der Waals surface area (Å²) in [4.78, 5) is 14.1. The Morgan fingerprint density at radius 3 is 2.91 bits per heavy atom. The first-order valence-corrected chi connectivity index (χ1v) is 8.63. The van der Waals surface area contributed by atoms with E-state index in [2.05, 4.69) is 15.9 Å². The second-order valence-corrected chi connectivity index (χ2v) is 7.73. The molecule has 1 amide bonds. The Bertz CT molecular complexity index is 545. The first-order valence-electron chi connectivity index (χ1n) is 7.83. The summed E-state index contributed by atoms with van der Waals surface area (Å²) in [6.07, 6.45) is 0.350. The number of amides is 1. The van der Waals surface area contributed by atoms with Gasteiger partial charge in [-0.15, -0.1) is 0 Å². The minimum atomic E-state index is -0.520. The Morgan fingerprint density at radius 2 is 2.26 bits per heavy atom. The van der Waals surface area contributed by atoms with Gasteiger partial charge in [-0.1, -0.05) is 28.1 Å². The summed E-state index contributed by atoms with van der Waals surface area (Å²) >= 11 is 3.47. The van der Waals surface area contributed by atoms with Crippen LogP contribution in [0.15, 0.2) is 28.7 Å². The molecule has 1 aromatic rings. The number of carbonyl (C=O) groups excluding carboxylic acids is 1. The SMILES string of the molecule is CC(C)(C)OC(=O)N1CCOCC1C(N)Cc1cccc(Br)c1. The maximum Gasteiger partial charge on any atom is 0.410 e. The van der Waals surface area contributed by atoms with Crippen LogP contribution in [0.3, 0.4) is 0 Å². The highest BCUT2D eigenvalue weighted by Crippen LogP contribution is 2.19. The summed E-state index contributed by atoms with van der Waals surface area (Å²) in [6.45, 7) is 7.05. The molecule has 1 fully saturated rings. The lowest BCUT2D eigenvalue weighted by Crippen LogP contribution is -2.58. The third-order valence-electron chi connectivity index (χ3n) is 3.65. The van der Waals surface area contributed by atoms with Crippen LogP contribution in [0.1, 0.15) is 26.3 Å². The number of ether oxygens (including phenoxy) is 2. The smallest absolute Gasteiger partial charge is 0.410 e. The van der Waals surface area contributed by atoms with Crippen LogP contribution >= 0.6 is 15.9 Å². The number of carbonyl (C=O) groups is 1. The van der Waals surface area contributed by atoms with E-state index in [0.29, 0.717) is 26.2 Å². The Hall–Kier alpha value is -1.11. The van der Waals surface area contributed by atoms with E-state index in [0.717, 1.165) is 10.0 Å². The van der Waals surface area contributed by atoms with Gasteiger partial charge in [0, 0.05) is 17.1 Å². The van der Waals surface area contributed by atoms with E-state index in [1.54, 1.807) is 4.90 Å². The summed E-state index contributed by atoms with van der Waals surface area (Å²) in [5.41, 5.74) is 6.98. The van der Waals surface area contributed by atoms with Crippen LogP contribution in [0.4, 0.5) is 4.79 Å².